The van der Waals surface area contributed by atoms with E-state index >= 15 is 0 Å². The molecule has 1 aliphatic rings. The number of hydrogen-bond donors (Lipinski definition) is 0. The van der Waals surface area contributed by atoms with Crippen molar-refractivity contribution in [3.8, 4) is 6.07 Å². The third-order valence-corrected chi connectivity index (χ3v) is 4.81. The van der Waals surface area contributed by atoms with E-state index in [-0.39, 0.29) is 10.8 Å². The number of nitrogens with zero attached hydrogens (tertiary/aromatic N) is 4. The van der Waals surface area contributed by atoms with Gasteiger partial charge in [0.25, 0.3) is 0 Å². The van der Waals surface area contributed by atoms with Crippen molar-refractivity contribution in [2.24, 2.45) is 13.0 Å². The summed E-state index contributed by atoms with van der Waals surface area (Å²) in [7, 11) is -1.75. The van der Waals surface area contributed by atoms with Crippen molar-refractivity contribution in [3.05, 3.63) is 12.4 Å². The van der Waals surface area contributed by atoms with Gasteiger partial charge in [-0.15, -0.1) is 0 Å². The summed E-state index contributed by atoms with van der Waals surface area (Å²) in [5.41, 5.74) is 0. The highest BCUT2D eigenvalue weighted by Gasteiger charge is 2.30. The Bertz CT molecular complexity index is 535. The highest BCUT2D eigenvalue weighted by Crippen LogP contribution is 2.22. The first kappa shape index (κ1) is 12.1. The zero-order valence-electron chi connectivity index (χ0n) is 9.57. The van der Waals surface area contributed by atoms with E-state index in [0.717, 1.165) is 0 Å². The monoisotopic (exact) mass is 254 g/mol. The highest BCUT2D eigenvalue weighted by molar-refractivity contribution is 7.89. The summed E-state index contributed by atoms with van der Waals surface area (Å²) in [5.74, 6) is -0.0182. The summed E-state index contributed by atoms with van der Waals surface area (Å²) in [6, 6.07) is 2.18. The van der Waals surface area contributed by atoms with Crippen molar-refractivity contribution >= 4 is 10.0 Å². The van der Waals surface area contributed by atoms with Crippen LogP contribution in [0.3, 0.4) is 0 Å². The number of sulfonamides is 1. The Morgan fingerprint density at radius 2 is 2.12 bits per heavy atom. The molecule has 1 aromatic heterocycles. The van der Waals surface area contributed by atoms with Crippen LogP contribution in [0.15, 0.2) is 17.3 Å². The van der Waals surface area contributed by atoms with E-state index in [1.165, 1.54) is 21.4 Å². The number of rotatable bonds is 2. The molecular formula is C10H14N4O2S. The SMILES string of the molecule is Cn1cc(S(=O)(=O)N2CCC(C#N)CC2)cn1. The van der Waals surface area contributed by atoms with Gasteiger partial charge in [0.15, 0.2) is 0 Å². The second-order valence-electron chi connectivity index (χ2n) is 4.16. The summed E-state index contributed by atoms with van der Waals surface area (Å²) in [4.78, 5) is 0.218. The molecule has 2 rings (SSSR count). The largest absolute Gasteiger partial charge is 0.274 e. The van der Waals surface area contributed by atoms with Crippen LogP contribution in [-0.4, -0.2) is 35.6 Å². The molecular weight excluding hydrogens is 240 g/mol. The quantitative estimate of drug-likeness (QED) is 0.762. The van der Waals surface area contributed by atoms with Gasteiger partial charge in [0.1, 0.15) is 4.90 Å². The van der Waals surface area contributed by atoms with E-state index in [1.54, 1.807) is 7.05 Å². The molecule has 6 nitrogen and oxygen atoms in total. The van der Waals surface area contributed by atoms with E-state index in [2.05, 4.69) is 11.2 Å². The fourth-order valence-corrected chi connectivity index (χ4v) is 3.36. The maximum Gasteiger partial charge on any atom is 0.246 e. The second-order valence-corrected chi connectivity index (χ2v) is 6.10. The van der Waals surface area contributed by atoms with Crippen LogP contribution >= 0.6 is 0 Å². The van der Waals surface area contributed by atoms with Crippen molar-refractivity contribution < 1.29 is 8.42 Å². The van der Waals surface area contributed by atoms with Gasteiger partial charge < -0.3 is 0 Å². The van der Waals surface area contributed by atoms with Crippen LogP contribution in [0.1, 0.15) is 12.8 Å². The molecule has 0 saturated carbocycles. The molecule has 0 bridgehead atoms. The lowest BCUT2D eigenvalue weighted by Gasteiger charge is -2.27. The zero-order chi connectivity index (χ0) is 12.5. The minimum Gasteiger partial charge on any atom is -0.274 e. The van der Waals surface area contributed by atoms with Crippen molar-refractivity contribution in [2.45, 2.75) is 17.7 Å². The fraction of sp³-hybridized carbons (Fsp3) is 0.600. The van der Waals surface area contributed by atoms with Crippen molar-refractivity contribution in [1.29, 1.82) is 5.26 Å². The van der Waals surface area contributed by atoms with Crippen LogP contribution < -0.4 is 0 Å². The standard InChI is InChI=1S/C10H14N4O2S/c1-13-8-10(7-12-13)17(15,16)14-4-2-9(6-11)3-5-14/h7-9H,2-5H2,1H3. The predicted molar refractivity (Wildman–Crippen MR) is 60.3 cm³/mol. The summed E-state index contributed by atoms with van der Waals surface area (Å²) < 4.78 is 27.3. The average Bonchev–Trinajstić information content (AvgIpc) is 2.77. The van der Waals surface area contributed by atoms with Gasteiger partial charge in [0, 0.05) is 32.3 Å². The van der Waals surface area contributed by atoms with E-state index in [9.17, 15) is 8.42 Å². The van der Waals surface area contributed by atoms with Crippen LogP contribution in [0.5, 0.6) is 0 Å². The maximum absolute atomic E-state index is 12.2. The van der Waals surface area contributed by atoms with Crippen molar-refractivity contribution in [1.82, 2.24) is 14.1 Å². The van der Waals surface area contributed by atoms with Gasteiger partial charge in [-0.2, -0.15) is 14.7 Å². The van der Waals surface area contributed by atoms with E-state index in [0.29, 0.717) is 25.9 Å². The molecule has 17 heavy (non-hydrogen) atoms. The van der Waals surface area contributed by atoms with Gasteiger partial charge >= 0.3 is 0 Å². The first-order valence-electron chi connectivity index (χ1n) is 5.42. The topological polar surface area (TPSA) is 79.0 Å². The molecule has 0 amide bonds. The zero-order valence-corrected chi connectivity index (χ0v) is 10.4. The van der Waals surface area contributed by atoms with Crippen LogP contribution in [0.4, 0.5) is 0 Å². The average molecular weight is 254 g/mol. The Balaban J connectivity index is 2.16. The first-order chi connectivity index (χ1) is 8.04. The Morgan fingerprint density at radius 1 is 1.47 bits per heavy atom. The lowest BCUT2D eigenvalue weighted by atomic mass is 10.0. The number of aromatic nitrogens is 2. The van der Waals surface area contributed by atoms with Crippen LogP contribution in [0.2, 0.25) is 0 Å². The molecule has 0 aliphatic carbocycles. The molecule has 7 heteroatoms. The van der Waals surface area contributed by atoms with Gasteiger partial charge in [-0.1, -0.05) is 0 Å². The molecule has 1 aromatic rings. The highest BCUT2D eigenvalue weighted by atomic mass is 32.2. The number of piperidine rings is 1. The van der Waals surface area contributed by atoms with E-state index < -0.39 is 10.0 Å². The van der Waals surface area contributed by atoms with Gasteiger partial charge in [0.05, 0.1) is 12.3 Å². The summed E-state index contributed by atoms with van der Waals surface area (Å²) in [6.07, 6.45) is 4.06. The minimum atomic E-state index is -3.43. The van der Waals surface area contributed by atoms with E-state index in [4.69, 9.17) is 5.26 Å². The number of aryl methyl sites for hydroxylation is 1. The summed E-state index contributed by atoms with van der Waals surface area (Å²) in [6.45, 7) is 0.824. The molecule has 1 aliphatic heterocycles. The molecule has 1 saturated heterocycles. The molecule has 0 aromatic carbocycles. The normalized spacial score (nSPS) is 19.1. The van der Waals surface area contributed by atoms with E-state index in [1.807, 2.05) is 0 Å². The molecule has 0 unspecified atom stereocenters. The molecule has 2 heterocycles. The maximum atomic E-state index is 12.2. The predicted octanol–water partition coefficient (Wildman–Crippen LogP) is 0.344. The van der Waals surface area contributed by atoms with Gasteiger partial charge in [-0.3, -0.25) is 4.68 Å². The fourth-order valence-electron chi connectivity index (χ4n) is 1.91. The third kappa shape index (κ3) is 2.33. The third-order valence-electron chi connectivity index (χ3n) is 2.96. The molecule has 0 N–H and O–H groups in total. The number of hydrogen-bond acceptors (Lipinski definition) is 4. The molecule has 1 fully saturated rings. The summed E-state index contributed by atoms with van der Waals surface area (Å²) in [5, 5.41) is 12.6. The van der Waals surface area contributed by atoms with Crippen molar-refractivity contribution in [2.75, 3.05) is 13.1 Å². The Kier molecular flexibility index (Phi) is 3.17. The molecule has 92 valence electrons. The first-order valence-corrected chi connectivity index (χ1v) is 6.86. The summed E-state index contributed by atoms with van der Waals surface area (Å²) >= 11 is 0. The molecule has 0 spiro atoms. The Morgan fingerprint density at radius 3 is 2.59 bits per heavy atom. The Labute approximate surface area is 101 Å². The lowest BCUT2D eigenvalue weighted by molar-refractivity contribution is 0.310. The molecule has 0 radical (unpaired) electrons. The lowest BCUT2D eigenvalue weighted by Crippen LogP contribution is -2.38. The molecule has 0 atom stereocenters. The van der Waals surface area contributed by atoms with Gasteiger partial charge in [-0.05, 0) is 12.8 Å². The van der Waals surface area contributed by atoms with Crippen LogP contribution in [0, 0.1) is 17.2 Å². The number of nitriles is 1. The van der Waals surface area contributed by atoms with Crippen LogP contribution in [-0.2, 0) is 17.1 Å². The minimum absolute atomic E-state index is 0.0182. The van der Waals surface area contributed by atoms with Gasteiger partial charge in [-0.25, -0.2) is 8.42 Å². The second kappa shape index (κ2) is 4.47. The Hall–Kier alpha value is -1.39. The van der Waals surface area contributed by atoms with Gasteiger partial charge in [0.2, 0.25) is 10.0 Å². The van der Waals surface area contributed by atoms with Crippen LogP contribution in [0.25, 0.3) is 0 Å². The smallest absolute Gasteiger partial charge is 0.246 e. The van der Waals surface area contributed by atoms with Crippen molar-refractivity contribution in [3.63, 3.8) is 0 Å².